The van der Waals surface area contributed by atoms with E-state index in [1.165, 1.54) is 10.5 Å². The molecule has 0 atom stereocenters. The minimum Gasteiger partial charge on any atom is -0.464 e. The molecule has 3 heteroatoms. The van der Waals surface area contributed by atoms with E-state index in [0.717, 1.165) is 23.8 Å². The van der Waals surface area contributed by atoms with Gasteiger partial charge in [-0.3, -0.25) is 0 Å². The van der Waals surface area contributed by atoms with Gasteiger partial charge in [-0.15, -0.1) is 11.8 Å². The standard InChI is InChI=1S/C18H25NOS/c1-13(2)15-5-9-18(10-6-15)21-12-17-8-7-16(20-17)11-19-14(3)4/h5-10,13-14,19H,11-12H2,1-4H3. The number of hydrogen-bond donors (Lipinski definition) is 1. The Hall–Kier alpha value is -1.19. The van der Waals surface area contributed by atoms with Crippen LogP contribution in [0.3, 0.4) is 0 Å². The zero-order chi connectivity index (χ0) is 15.2. The van der Waals surface area contributed by atoms with Crippen molar-refractivity contribution in [3.8, 4) is 0 Å². The van der Waals surface area contributed by atoms with E-state index in [2.05, 4.69) is 69.4 Å². The third-order valence-electron chi connectivity index (χ3n) is 3.33. The molecule has 0 radical (unpaired) electrons. The average molecular weight is 303 g/mol. The molecule has 1 aromatic heterocycles. The molecule has 2 rings (SSSR count). The summed E-state index contributed by atoms with van der Waals surface area (Å²) in [5.74, 6) is 3.51. The second kappa shape index (κ2) is 7.71. The van der Waals surface area contributed by atoms with Crippen molar-refractivity contribution in [2.24, 2.45) is 0 Å². The number of benzene rings is 1. The molecule has 0 aliphatic rings. The van der Waals surface area contributed by atoms with Crippen molar-refractivity contribution in [1.29, 1.82) is 0 Å². The molecular formula is C18H25NOS. The largest absolute Gasteiger partial charge is 0.464 e. The van der Waals surface area contributed by atoms with E-state index in [4.69, 9.17) is 4.42 Å². The van der Waals surface area contributed by atoms with Gasteiger partial charge in [0.1, 0.15) is 11.5 Å². The van der Waals surface area contributed by atoms with Crippen LogP contribution in [0.25, 0.3) is 0 Å². The summed E-state index contributed by atoms with van der Waals surface area (Å²) in [6, 6.07) is 13.4. The molecule has 1 N–H and O–H groups in total. The summed E-state index contributed by atoms with van der Waals surface area (Å²) in [6.45, 7) is 9.52. The van der Waals surface area contributed by atoms with E-state index in [0.29, 0.717) is 12.0 Å². The van der Waals surface area contributed by atoms with E-state index in [1.807, 2.05) is 11.8 Å². The summed E-state index contributed by atoms with van der Waals surface area (Å²) < 4.78 is 5.83. The molecule has 0 bridgehead atoms. The van der Waals surface area contributed by atoms with Crippen molar-refractivity contribution in [2.45, 2.75) is 56.8 Å². The van der Waals surface area contributed by atoms with Gasteiger partial charge in [0, 0.05) is 10.9 Å². The van der Waals surface area contributed by atoms with Gasteiger partial charge < -0.3 is 9.73 Å². The summed E-state index contributed by atoms with van der Waals surface area (Å²) in [5, 5.41) is 3.37. The third kappa shape index (κ3) is 5.25. The van der Waals surface area contributed by atoms with Crippen LogP contribution in [0, 0.1) is 0 Å². The lowest BCUT2D eigenvalue weighted by Crippen LogP contribution is -2.21. The molecule has 0 saturated carbocycles. The highest BCUT2D eigenvalue weighted by Gasteiger charge is 2.04. The van der Waals surface area contributed by atoms with Crippen molar-refractivity contribution in [2.75, 3.05) is 0 Å². The van der Waals surface area contributed by atoms with Gasteiger partial charge in [0.2, 0.25) is 0 Å². The fraction of sp³-hybridized carbons (Fsp3) is 0.444. The molecule has 0 spiro atoms. The summed E-state index contributed by atoms with van der Waals surface area (Å²) in [5.41, 5.74) is 1.39. The second-order valence-corrected chi connectivity index (χ2v) is 6.96. The first-order valence-corrected chi connectivity index (χ1v) is 8.57. The smallest absolute Gasteiger partial charge is 0.118 e. The third-order valence-corrected chi connectivity index (χ3v) is 4.36. The van der Waals surface area contributed by atoms with Gasteiger partial charge in [-0.1, -0.05) is 39.8 Å². The molecular weight excluding hydrogens is 278 g/mol. The number of nitrogens with one attached hydrogen (secondary N) is 1. The Bertz CT molecular complexity index is 543. The minimum absolute atomic E-state index is 0.479. The zero-order valence-electron chi connectivity index (χ0n) is 13.3. The van der Waals surface area contributed by atoms with Gasteiger partial charge in [0.05, 0.1) is 12.3 Å². The Morgan fingerprint density at radius 3 is 2.24 bits per heavy atom. The minimum atomic E-state index is 0.479. The monoisotopic (exact) mass is 303 g/mol. The number of thioether (sulfide) groups is 1. The van der Waals surface area contributed by atoms with E-state index < -0.39 is 0 Å². The van der Waals surface area contributed by atoms with Crippen molar-refractivity contribution >= 4 is 11.8 Å². The molecule has 0 fully saturated rings. The van der Waals surface area contributed by atoms with Gasteiger partial charge in [-0.2, -0.15) is 0 Å². The number of rotatable bonds is 7. The predicted molar refractivity (Wildman–Crippen MR) is 90.8 cm³/mol. The first kappa shape index (κ1) is 16.2. The first-order valence-electron chi connectivity index (χ1n) is 7.58. The van der Waals surface area contributed by atoms with Gasteiger partial charge >= 0.3 is 0 Å². The zero-order valence-corrected chi connectivity index (χ0v) is 14.2. The number of furan rings is 1. The molecule has 0 amide bonds. The Morgan fingerprint density at radius 1 is 0.952 bits per heavy atom. The van der Waals surface area contributed by atoms with Crippen molar-refractivity contribution in [3.63, 3.8) is 0 Å². The highest BCUT2D eigenvalue weighted by molar-refractivity contribution is 7.98. The quantitative estimate of drug-likeness (QED) is 0.712. The van der Waals surface area contributed by atoms with Gasteiger partial charge in [0.25, 0.3) is 0 Å². The SMILES string of the molecule is CC(C)NCc1ccc(CSc2ccc(C(C)C)cc2)o1. The number of hydrogen-bond acceptors (Lipinski definition) is 3. The van der Waals surface area contributed by atoms with E-state index in [1.54, 1.807) is 0 Å². The lowest BCUT2D eigenvalue weighted by molar-refractivity contribution is 0.445. The fourth-order valence-corrected chi connectivity index (χ4v) is 2.80. The Morgan fingerprint density at radius 2 is 1.62 bits per heavy atom. The molecule has 2 nitrogen and oxygen atoms in total. The van der Waals surface area contributed by atoms with Crippen molar-refractivity contribution < 1.29 is 4.42 Å². The predicted octanol–water partition coefficient (Wildman–Crippen LogP) is 5.19. The Kier molecular flexibility index (Phi) is 5.95. The average Bonchev–Trinajstić information content (AvgIpc) is 2.91. The maximum atomic E-state index is 5.83. The van der Waals surface area contributed by atoms with Crippen LogP contribution in [-0.2, 0) is 12.3 Å². The van der Waals surface area contributed by atoms with Crippen LogP contribution in [0.5, 0.6) is 0 Å². The Balaban J connectivity index is 1.85. The summed E-state index contributed by atoms with van der Waals surface area (Å²) in [4.78, 5) is 1.29. The van der Waals surface area contributed by atoms with Crippen LogP contribution in [-0.4, -0.2) is 6.04 Å². The lowest BCUT2D eigenvalue weighted by Gasteiger charge is -2.06. The van der Waals surface area contributed by atoms with Crippen molar-refractivity contribution in [3.05, 3.63) is 53.5 Å². The van der Waals surface area contributed by atoms with Crippen LogP contribution in [0.15, 0.2) is 45.7 Å². The second-order valence-electron chi connectivity index (χ2n) is 5.92. The normalized spacial score (nSPS) is 11.5. The van der Waals surface area contributed by atoms with Crippen LogP contribution < -0.4 is 5.32 Å². The molecule has 1 heterocycles. The topological polar surface area (TPSA) is 25.2 Å². The van der Waals surface area contributed by atoms with E-state index >= 15 is 0 Å². The fourth-order valence-electron chi connectivity index (χ4n) is 2.00. The van der Waals surface area contributed by atoms with Gasteiger partial charge in [0.15, 0.2) is 0 Å². The van der Waals surface area contributed by atoms with Crippen LogP contribution in [0.2, 0.25) is 0 Å². The van der Waals surface area contributed by atoms with Gasteiger partial charge in [-0.25, -0.2) is 0 Å². The molecule has 0 aliphatic heterocycles. The van der Waals surface area contributed by atoms with Gasteiger partial charge in [-0.05, 0) is 35.7 Å². The molecule has 0 aliphatic carbocycles. The summed E-state index contributed by atoms with van der Waals surface area (Å²) in [6.07, 6.45) is 0. The molecule has 0 unspecified atom stereocenters. The highest BCUT2D eigenvalue weighted by atomic mass is 32.2. The van der Waals surface area contributed by atoms with Crippen LogP contribution in [0.1, 0.15) is 50.7 Å². The summed E-state index contributed by atoms with van der Waals surface area (Å²) >= 11 is 1.82. The van der Waals surface area contributed by atoms with E-state index in [9.17, 15) is 0 Å². The molecule has 114 valence electrons. The Labute approximate surface area is 132 Å². The first-order chi connectivity index (χ1) is 10.0. The molecule has 0 saturated heterocycles. The van der Waals surface area contributed by atoms with E-state index in [-0.39, 0.29) is 0 Å². The molecule has 1 aromatic carbocycles. The molecule has 2 aromatic rings. The van der Waals surface area contributed by atoms with Crippen molar-refractivity contribution in [1.82, 2.24) is 5.32 Å². The molecule has 21 heavy (non-hydrogen) atoms. The lowest BCUT2D eigenvalue weighted by atomic mass is 10.0. The van der Waals surface area contributed by atoms with Crippen LogP contribution >= 0.6 is 11.8 Å². The summed E-state index contributed by atoms with van der Waals surface area (Å²) in [7, 11) is 0. The highest BCUT2D eigenvalue weighted by Crippen LogP contribution is 2.25. The maximum Gasteiger partial charge on any atom is 0.118 e. The maximum absolute atomic E-state index is 5.83. The van der Waals surface area contributed by atoms with Crippen LogP contribution in [0.4, 0.5) is 0 Å².